The maximum absolute atomic E-state index is 12.1. The van der Waals surface area contributed by atoms with Crippen LogP contribution in [0.1, 0.15) is 22.6 Å². The summed E-state index contributed by atoms with van der Waals surface area (Å²) in [4.78, 5) is 22.3. The number of nitro groups is 1. The first kappa shape index (κ1) is 19.2. The topological polar surface area (TPSA) is 81.5 Å². The van der Waals surface area contributed by atoms with Crippen LogP contribution in [0.4, 0.5) is 10.5 Å². The third-order valence-electron chi connectivity index (χ3n) is 4.98. The summed E-state index contributed by atoms with van der Waals surface area (Å²) in [6.45, 7) is 0.364. The van der Waals surface area contributed by atoms with E-state index in [-0.39, 0.29) is 24.8 Å². The van der Waals surface area contributed by atoms with E-state index in [0.29, 0.717) is 5.56 Å². The fourth-order valence-electron chi connectivity index (χ4n) is 3.58. The number of carbonyl (C=O) groups is 1. The van der Waals surface area contributed by atoms with Gasteiger partial charge in [0, 0.05) is 23.6 Å². The van der Waals surface area contributed by atoms with Gasteiger partial charge in [-0.15, -0.1) is 0 Å². The molecule has 6 heteroatoms. The molecule has 3 aromatic rings. The number of alkyl carbamates (subject to hydrolysis) is 1. The Morgan fingerprint density at radius 3 is 2.17 bits per heavy atom. The lowest BCUT2D eigenvalue weighted by Crippen LogP contribution is -2.26. The number of ether oxygens (including phenoxy) is 1. The van der Waals surface area contributed by atoms with E-state index in [1.54, 1.807) is 12.1 Å². The average molecular weight is 398 g/mol. The molecule has 1 N–H and O–H groups in total. The van der Waals surface area contributed by atoms with E-state index in [0.717, 1.165) is 11.1 Å². The Labute approximate surface area is 173 Å². The number of nitro benzene ring substituents is 1. The molecule has 0 aromatic heterocycles. The minimum absolute atomic E-state index is 0.00865. The van der Waals surface area contributed by atoms with Gasteiger partial charge in [-0.05, 0) is 34.4 Å². The molecular weight excluding hydrogens is 380 g/mol. The molecule has 0 bridgehead atoms. The smallest absolute Gasteiger partial charge is 0.407 e. The Morgan fingerprint density at radius 2 is 1.57 bits per heavy atom. The predicted octanol–water partition coefficient (Wildman–Crippen LogP) is 4.49. The summed E-state index contributed by atoms with van der Waals surface area (Å²) in [6.07, 6.45) is -0.533. The largest absolute Gasteiger partial charge is 0.449 e. The molecule has 0 aliphatic heterocycles. The second-order valence-corrected chi connectivity index (χ2v) is 6.78. The second-order valence-electron chi connectivity index (χ2n) is 6.78. The zero-order chi connectivity index (χ0) is 20.9. The van der Waals surface area contributed by atoms with Crippen LogP contribution in [0.25, 0.3) is 11.1 Å². The van der Waals surface area contributed by atoms with E-state index < -0.39 is 11.0 Å². The highest BCUT2D eigenvalue weighted by Crippen LogP contribution is 2.44. The molecule has 0 unspecified atom stereocenters. The molecule has 0 fully saturated rings. The maximum atomic E-state index is 12.1. The van der Waals surface area contributed by atoms with Gasteiger partial charge >= 0.3 is 6.09 Å². The standard InChI is InChI=1S/C24H18N2O4/c27-24(25-15-5-6-17-11-13-18(14-12-17)26(28)29)30-16-23-21-9-3-1-7-19(21)20-8-2-4-10-22(20)23/h1-4,7-14,23H,15-16H2,(H,25,27). The van der Waals surface area contributed by atoms with Crippen LogP contribution >= 0.6 is 0 Å². The van der Waals surface area contributed by atoms with Gasteiger partial charge in [0.05, 0.1) is 11.5 Å². The molecule has 1 amide bonds. The number of nitrogens with one attached hydrogen (secondary N) is 1. The van der Waals surface area contributed by atoms with Gasteiger partial charge in [-0.2, -0.15) is 0 Å². The predicted molar refractivity (Wildman–Crippen MR) is 113 cm³/mol. The number of hydrogen-bond donors (Lipinski definition) is 1. The maximum Gasteiger partial charge on any atom is 0.407 e. The summed E-state index contributed by atoms with van der Waals surface area (Å²) in [5, 5.41) is 13.3. The quantitative estimate of drug-likeness (QED) is 0.399. The summed E-state index contributed by atoms with van der Waals surface area (Å²) in [5.74, 6) is 5.66. The average Bonchev–Trinajstić information content (AvgIpc) is 3.09. The molecule has 0 saturated heterocycles. The van der Waals surface area contributed by atoms with Crippen molar-refractivity contribution in [2.75, 3.05) is 13.2 Å². The molecule has 1 aliphatic carbocycles. The molecule has 0 saturated carbocycles. The Morgan fingerprint density at radius 1 is 0.967 bits per heavy atom. The minimum Gasteiger partial charge on any atom is -0.449 e. The molecule has 4 rings (SSSR count). The molecule has 0 atom stereocenters. The highest BCUT2D eigenvalue weighted by Gasteiger charge is 2.28. The number of nitrogens with zero attached hydrogens (tertiary/aromatic N) is 1. The zero-order valence-electron chi connectivity index (χ0n) is 16.0. The highest BCUT2D eigenvalue weighted by molar-refractivity contribution is 5.79. The van der Waals surface area contributed by atoms with Crippen LogP contribution in [0.3, 0.4) is 0 Å². The van der Waals surface area contributed by atoms with Gasteiger partial charge in [0.25, 0.3) is 5.69 Å². The first-order chi connectivity index (χ1) is 14.6. The number of rotatable bonds is 4. The Bertz CT molecular complexity index is 1110. The van der Waals surface area contributed by atoms with Crippen LogP contribution < -0.4 is 5.32 Å². The Kier molecular flexibility index (Phi) is 5.44. The third kappa shape index (κ3) is 4.01. The van der Waals surface area contributed by atoms with E-state index in [9.17, 15) is 14.9 Å². The van der Waals surface area contributed by atoms with Gasteiger partial charge < -0.3 is 10.1 Å². The van der Waals surface area contributed by atoms with Crippen LogP contribution in [0.2, 0.25) is 0 Å². The van der Waals surface area contributed by atoms with Crippen molar-refractivity contribution < 1.29 is 14.5 Å². The van der Waals surface area contributed by atoms with Crippen molar-refractivity contribution in [1.29, 1.82) is 0 Å². The summed E-state index contributed by atoms with van der Waals surface area (Å²) in [7, 11) is 0. The number of fused-ring (bicyclic) bond motifs is 3. The molecule has 0 radical (unpaired) electrons. The van der Waals surface area contributed by atoms with Crippen LogP contribution in [0.15, 0.2) is 72.8 Å². The van der Waals surface area contributed by atoms with Gasteiger partial charge in [-0.3, -0.25) is 10.1 Å². The van der Waals surface area contributed by atoms with Gasteiger partial charge in [0.1, 0.15) is 6.61 Å². The second kappa shape index (κ2) is 8.50. The van der Waals surface area contributed by atoms with Crippen molar-refractivity contribution in [2.24, 2.45) is 0 Å². The van der Waals surface area contributed by atoms with E-state index in [1.165, 1.54) is 23.3 Å². The molecule has 3 aromatic carbocycles. The van der Waals surface area contributed by atoms with E-state index in [1.807, 2.05) is 24.3 Å². The summed E-state index contributed by atoms with van der Waals surface area (Å²) in [6, 6.07) is 22.2. The van der Waals surface area contributed by atoms with Gasteiger partial charge in [-0.25, -0.2) is 4.79 Å². The van der Waals surface area contributed by atoms with Crippen molar-refractivity contribution in [3.8, 4) is 23.0 Å². The molecular formula is C24H18N2O4. The first-order valence-corrected chi connectivity index (χ1v) is 9.45. The number of carbonyl (C=O) groups excluding carboxylic acids is 1. The highest BCUT2D eigenvalue weighted by atomic mass is 16.6. The van der Waals surface area contributed by atoms with Crippen molar-refractivity contribution in [3.63, 3.8) is 0 Å². The van der Waals surface area contributed by atoms with Crippen LogP contribution in [-0.2, 0) is 4.74 Å². The fourth-order valence-corrected chi connectivity index (χ4v) is 3.58. The Balaban J connectivity index is 1.32. The number of amides is 1. The van der Waals surface area contributed by atoms with Crippen LogP contribution in [0, 0.1) is 22.0 Å². The van der Waals surface area contributed by atoms with Crippen molar-refractivity contribution in [2.45, 2.75) is 5.92 Å². The van der Waals surface area contributed by atoms with Crippen LogP contribution in [-0.4, -0.2) is 24.2 Å². The van der Waals surface area contributed by atoms with Gasteiger partial charge in [0.15, 0.2) is 0 Å². The number of hydrogen-bond acceptors (Lipinski definition) is 4. The molecule has 1 aliphatic rings. The van der Waals surface area contributed by atoms with Crippen molar-refractivity contribution >= 4 is 11.8 Å². The summed E-state index contributed by atoms with van der Waals surface area (Å²) in [5.41, 5.74) is 5.31. The molecule has 0 spiro atoms. The Hall–Kier alpha value is -4.11. The molecule has 6 nitrogen and oxygen atoms in total. The first-order valence-electron chi connectivity index (χ1n) is 9.45. The van der Waals surface area contributed by atoms with E-state index in [4.69, 9.17) is 4.74 Å². The third-order valence-corrected chi connectivity index (χ3v) is 4.98. The van der Waals surface area contributed by atoms with Gasteiger partial charge in [0.2, 0.25) is 0 Å². The van der Waals surface area contributed by atoms with E-state index in [2.05, 4.69) is 41.4 Å². The van der Waals surface area contributed by atoms with Crippen molar-refractivity contribution in [3.05, 3.63) is 99.6 Å². The lowest BCUT2D eigenvalue weighted by molar-refractivity contribution is -0.384. The monoisotopic (exact) mass is 398 g/mol. The van der Waals surface area contributed by atoms with Crippen LogP contribution in [0.5, 0.6) is 0 Å². The normalized spacial score (nSPS) is 11.6. The SMILES string of the molecule is O=C(NCC#Cc1ccc([N+](=O)[O-])cc1)OCC1c2ccccc2-c2ccccc21. The van der Waals surface area contributed by atoms with E-state index >= 15 is 0 Å². The minimum atomic E-state index is -0.533. The number of non-ortho nitro benzene ring substituents is 1. The molecule has 0 heterocycles. The fraction of sp³-hybridized carbons (Fsp3) is 0.125. The summed E-state index contributed by atoms with van der Waals surface area (Å²) < 4.78 is 5.44. The number of benzene rings is 3. The van der Waals surface area contributed by atoms with Gasteiger partial charge in [-0.1, -0.05) is 60.4 Å². The zero-order valence-corrected chi connectivity index (χ0v) is 16.0. The molecule has 30 heavy (non-hydrogen) atoms. The molecule has 148 valence electrons. The summed E-state index contributed by atoms with van der Waals surface area (Å²) >= 11 is 0. The van der Waals surface area contributed by atoms with Crippen molar-refractivity contribution in [1.82, 2.24) is 5.32 Å². The lowest BCUT2D eigenvalue weighted by Gasteiger charge is -2.14. The lowest BCUT2D eigenvalue weighted by atomic mass is 9.98.